The number of aromatic nitrogens is 2. The number of likely N-dealkylation sites (tertiary alicyclic amines) is 2. The number of anilines is 3. The molecule has 0 unspecified atom stereocenters. The van der Waals surface area contributed by atoms with Crippen molar-refractivity contribution in [2.24, 2.45) is 5.73 Å². The maximum atomic E-state index is 12.3. The Balaban J connectivity index is 1.28. The maximum Gasteiger partial charge on any atom is 0.271 e. The average Bonchev–Trinajstić information content (AvgIpc) is 2.95. The second kappa shape index (κ2) is 12.6. The summed E-state index contributed by atoms with van der Waals surface area (Å²) in [4.78, 5) is 26.9. The average molecular weight is 536 g/mol. The molecule has 3 heterocycles. The van der Waals surface area contributed by atoms with Crippen molar-refractivity contribution in [2.45, 2.75) is 88.8 Å². The molecule has 2 saturated heterocycles. The summed E-state index contributed by atoms with van der Waals surface area (Å²) >= 11 is 0. The van der Waals surface area contributed by atoms with Crippen molar-refractivity contribution in [3.05, 3.63) is 41.2 Å². The number of rotatable bonds is 8. The first kappa shape index (κ1) is 27.8. The summed E-state index contributed by atoms with van der Waals surface area (Å²) in [5, 5.41) is 16.8. The molecular weight excluding hydrogens is 490 g/mol. The third kappa shape index (κ3) is 6.88. The molecule has 5 rings (SSSR count). The Kier molecular flexibility index (Phi) is 8.99. The molecule has 9 nitrogen and oxygen atoms in total. The Hall–Kier alpha value is -2.75. The van der Waals surface area contributed by atoms with Gasteiger partial charge in [0, 0.05) is 17.8 Å². The number of carbonyl (C=O) groups is 1. The van der Waals surface area contributed by atoms with Crippen molar-refractivity contribution in [2.75, 3.05) is 43.9 Å². The van der Waals surface area contributed by atoms with Gasteiger partial charge in [-0.1, -0.05) is 19.1 Å². The number of nitrogens with two attached hydrogens (primary N) is 1. The van der Waals surface area contributed by atoms with Gasteiger partial charge in [0.2, 0.25) is 0 Å². The molecule has 2 aliphatic heterocycles. The van der Waals surface area contributed by atoms with Crippen molar-refractivity contribution >= 4 is 23.2 Å². The topological polar surface area (TPSA) is 120 Å². The Bertz CT molecular complexity index is 1120. The number of benzene rings is 1. The van der Waals surface area contributed by atoms with E-state index >= 15 is 0 Å². The predicted octanol–water partition coefficient (Wildman–Crippen LogP) is 3.87. The monoisotopic (exact) mass is 535 g/mol. The number of aliphatic hydroxyl groups excluding tert-OH is 1. The van der Waals surface area contributed by atoms with Crippen LogP contribution < -0.4 is 16.4 Å². The molecule has 0 radical (unpaired) electrons. The molecule has 9 heteroatoms. The van der Waals surface area contributed by atoms with Gasteiger partial charge in [-0.15, -0.1) is 0 Å². The van der Waals surface area contributed by atoms with Crippen LogP contribution in [0.5, 0.6) is 0 Å². The van der Waals surface area contributed by atoms with E-state index in [-0.39, 0.29) is 17.8 Å². The number of carbonyl (C=O) groups excluding carboxylic acids is 1. The van der Waals surface area contributed by atoms with Crippen LogP contribution >= 0.6 is 0 Å². The lowest BCUT2D eigenvalue weighted by Crippen LogP contribution is -2.46. The largest absolute Gasteiger partial charge is 0.393 e. The summed E-state index contributed by atoms with van der Waals surface area (Å²) < 4.78 is 0. The van der Waals surface area contributed by atoms with Gasteiger partial charge in [0.1, 0.15) is 5.82 Å². The van der Waals surface area contributed by atoms with Gasteiger partial charge >= 0.3 is 0 Å². The fraction of sp³-hybridized carbons (Fsp3) is 0.633. The number of nitrogens with one attached hydrogen (secondary N) is 2. The highest BCUT2D eigenvalue weighted by atomic mass is 16.3. The molecule has 5 N–H and O–H groups in total. The smallest absolute Gasteiger partial charge is 0.271 e. The molecule has 0 bridgehead atoms. The highest BCUT2D eigenvalue weighted by molar-refractivity contribution is 5.96. The van der Waals surface area contributed by atoms with Gasteiger partial charge in [0.05, 0.1) is 11.8 Å². The molecule has 212 valence electrons. The molecule has 1 aromatic heterocycles. The zero-order valence-corrected chi connectivity index (χ0v) is 23.5. The van der Waals surface area contributed by atoms with Crippen LogP contribution in [-0.4, -0.2) is 82.2 Å². The summed E-state index contributed by atoms with van der Waals surface area (Å²) in [5.74, 6) is 0.998. The van der Waals surface area contributed by atoms with E-state index in [2.05, 4.69) is 50.7 Å². The Morgan fingerprint density at radius 3 is 2.38 bits per heavy atom. The van der Waals surface area contributed by atoms with E-state index < -0.39 is 5.91 Å². The van der Waals surface area contributed by atoms with E-state index in [0.717, 1.165) is 69.0 Å². The second-order valence-corrected chi connectivity index (χ2v) is 11.7. The fourth-order valence-corrected chi connectivity index (χ4v) is 6.47. The van der Waals surface area contributed by atoms with Gasteiger partial charge < -0.3 is 31.3 Å². The van der Waals surface area contributed by atoms with Crippen LogP contribution in [-0.2, 0) is 6.42 Å². The van der Waals surface area contributed by atoms with Gasteiger partial charge in [-0.25, -0.2) is 9.97 Å². The number of amides is 1. The summed E-state index contributed by atoms with van der Waals surface area (Å²) in [5.41, 5.74) is 8.83. The SMILES string of the molecule is CCc1nc(C(N)=O)c(Nc2cccc(C3CCN(C4CCN(C)CC4)CC3)c2)nc1N[C@H]1CC[C@H](O)CC1. The van der Waals surface area contributed by atoms with Gasteiger partial charge in [0.25, 0.3) is 5.91 Å². The molecule has 1 aliphatic carbocycles. The lowest BCUT2D eigenvalue weighted by atomic mass is 9.88. The van der Waals surface area contributed by atoms with Crippen molar-refractivity contribution in [3.63, 3.8) is 0 Å². The van der Waals surface area contributed by atoms with Crippen molar-refractivity contribution in [1.82, 2.24) is 19.8 Å². The fourth-order valence-electron chi connectivity index (χ4n) is 6.47. The number of nitrogens with zero attached hydrogens (tertiary/aromatic N) is 4. The minimum absolute atomic E-state index is 0.160. The Morgan fingerprint density at radius 2 is 1.72 bits per heavy atom. The number of aliphatic hydroxyl groups is 1. The van der Waals surface area contributed by atoms with E-state index in [0.29, 0.717) is 24.0 Å². The highest BCUT2D eigenvalue weighted by Crippen LogP contribution is 2.33. The van der Waals surface area contributed by atoms with E-state index in [4.69, 9.17) is 10.7 Å². The van der Waals surface area contributed by atoms with Crippen LogP contribution in [0.4, 0.5) is 17.3 Å². The molecule has 2 aromatic rings. The van der Waals surface area contributed by atoms with Crippen LogP contribution in [0, 0.1) is 0 Å². The number of aryl methyl sites for hydroxylation is 1. The predicted molar refractivity (Wildman–Crippen MR) is 156 cm³/mol. The van der Waals surface area contributed by atoms with E-state index in [1.54, 1.807) is 0 Å². The number of hydrogen-bond acceptors (Lipinski definition) is 8. The van der Waals surface area contributed by atoms with Gasteiger partial charge in [0.15, 0.2) is 11.5 Å². The molecule has 0 spiro atoms. The second-order valence-electron chi connectivity index (χ2n) is 11.7. The van der Waals surface area contributed by atoms with E-state index in [9.17, 15) is 9.90 Å². The molecule has 1 saturated carbocycles. The maximum absolute atomic E-state index is 12.3. The first-order valence-electron chi connectivity index (χ1n) is 14.8. The Morgan fingerprint density at radius 1 is 1.00 bits per heavy atom. The molecule has 1 aromatic carbocycles. The number of piperidine rings is 2. The standard InChI is InChI=1S/C30H45N7O2/c1-3-26-29(32-22-7-9-25(38)10-8-22)35-30(27(34-26)28(31)39)33-23-6-4-5-21(19-23)20-11-17-37(18-12-20)24-13-15-36(2)16-14-24/h4-6,19-20,22,24-25,38H,3,7-18H2,1-2H3,(H2,31,39)(H2,32,33,35)/t22-,25-. The van der Waals surface area contributed by atoms with Crippen LogP contribution in [0.25, 0.3) is 0 Å². The quantitative estimate of drug-likeness (QED) is 0.402. The summed E-state index contributed by atoms with van der Waals surface area (Å²) in [6.45, 7) is 6.71. The highest BCUT2D eigenvalue weighted by Gasteiger charge is 2.28. The molecule has 3 fully saturated rings. The zero-order valence-electron chi connectivity index (χ0n) is 23.5. The van der Waals surface area contributed by atoms with E-state index in [1.807, 2.05) is 13.0 Å². The van der Waals surface area contributed by atoms with Gasteiger partial charge in [-0.2, -0.15) is 0 Å². The molecule has 3 aliphatic rings. The normalized spacial score (nSPS) is 24.0. The molecule has 0 atom stereocenters. The lowest BCUT2D eigenvalue weighted by Gasteiger charge is -2.41. The Labute approximate surface area is 232 Å². The summed E-state index contributed by atoms with van der Waals surface area (Å²) in [6, 6.07) is 9.44. The van der Waals surface area contributed by atoms with Crippen molar-refractivity contribution < 1.29 is 9.90 Å². The minimum atomic E-state index is -0.593. The van der Waals surface area contributed by atoms with Gasteiger partial charge in [-0.3, -0.25) is 4.79 Å². The molecular formula is C30H45N7O2. The van der Waals surface area contributed by atoms with Crippen molar-refractivity contribution in [3.8, 4) is 0 Å². The molecule has 39 heavy (non-hydrogen) atoms. The first-order chi connectivity index (χ1) is 18.9. The number of primary amides is 1. The van der Waals surface area contributed by atoms with Crippen LogP contribution in [0.3, 0.4) is 0 Å². The zero-order chi connectivity index (χ0) is 27.4. The summed E-state index contributed by atoms with van der Waals surface area (Å²) in [7, 11) is 2.22. The van der Waals surface area contributed by atoms with Crippen molar-refractivity contribution in [1.29, 1.82) is 0 Å². The first-order valence-corrected chi connectivity index (χ1v) is 14.8. The minimum Gasteiger partial charge on any atom is -0.393 e. The number of hydrogen-bond donors (Lipinski definition) is 4. The van der Waals surface area contributed by atoms with Crippen LogP contribution in [0.15, 0.2) is 24.3 Å². The molecule has 1 amide bonds. The third-order valence-corrected chi connectivity index (χ3v) is 8.93. The van der Waals surface area contributed by atoms with Gasteiger partial charge in [-0.05, 0) is 115 Å². The van der Waals surface area contributed by atoms with E-state index in [1.165, 1.54) is 31.5 Å². The van der Waals surface area contributed by atoms with Crippen LogP contribution in [0.1, 0.15) is 86.0 Å². The summed E-state index contributed by atoms with van der Waals surface area (Å²) in [6.07, 6.45) is 8.62. The third-order valence-electron chi connectivity index (χ3n) is 8.93. The lowest BCUT2D eigenvalue weighted by molar-refractivity contribution is 0.0966. The van der Waals surface area contributed by atoms with Crippen LogP contribution in [0.2, 0.25) is 0 Å².